The monoisotopic (exact) mass is 389 g/mol. The molecule has 0 aliphatic carbocycles. The average Bonchev–Trinajstić information content (AvgIpc) is 3.12. The summed E-state index contributed by atoms with van der Waals surface area (Å²) in [5, 5.41) is 8.87. The van der Waals surface area contributed by atoms with E-state index >= 15 is 0 Å². The van der Waals surface area contributed by atoms with Crippen molar-refractivity contribution in [2.24, 2.45) is 0 Å². The van der Waals surface area contributed by atoms with Gasteiger partial charge in [0.05, 0.1) is 11.4 Å². The van der Waals surface area contributed by atoms with Crippen LogP contribution in [0.4, 0.5) is 5.82 Å². The Hall–Kier alpha value is -1.93. The number of thiophene rings is 1. The first kappa shape index (κ1) is 18.8. The Morgan fingerprint density at radius 3 is 2.65 bits per heavy atom. The van der Waals surface area contributed by atoms with Crippen molar-refractivity contribution >= 4 is 45.0 Å². The van der Waals surface area contributed by atoms with Gasteiger partial charge in [0.15, 0.2) is 0 Å². The predicted octanol–water partition coefficient (Wildman–Crippen LogP) is 4.51. The minimum Gasteiger partial charge on any atom is -0.310 e. The van der Waals surface area contributed by atoms with Crippen molar-refractivity contribution in [2.75, 3.05) is 5.32 Å². The zero-order valence-electron chi connectivity index (χ0n) is 15.8. The first-order valence-electron chi connectivity index (χ1n) is 8.53. The number of aryl methyl sites for hydroxylation is 3. The molecular formula is C18H23N5OS2. The molecule has 8 heteroatoms. The molecule has 6 nitrogen and oxygen atoms in total. The van der Waals surface area contributed by atoms with Crippen molar-refractivity contribution in [1.82, 2.24) is 19.7 Å². The lowest BCUT2D eigenvalue weighted by molar-refractivity contribution is -0.115. The maximum Gasteiger partial charge on any atom is 0.238 e. The highest BCUT2D eigenvalue weighted by molar-refractivity contribution is 8.00. The smallest absolute Gasteiger partial charge is 0.238 e. The van der Waals surface area contributed by atoms with E-state index in [0.717, 1.165) is 21.1 Å². The molecule has 0 aliphatic heterocycles. The molecule has 0 fully saturated rings. The summed E-state index contributed by atoms with van der Waals surface area (Å²) >= 11 is 3.15. The summed E-state index contributed by atoms with van der Waals surface area (Å²) < 4.78 is 1.80. The SMILES string of the molecule is Cc1nc(S[C@@H](C)C(=O)Nc2ccnn2C(C)C)c2c(C)c(C)sc2n1. The van der Waals surface area contributed by atoms with Gasteiger partial charge in [0.1, 0.15) is 21.5 Å². The minimum absolute atomic E-state index is 0.0635. The van der Waals surface area contributed by atoms with Gasteiger partial charge >= 0.3 is 0 Å². The maximum atomic E-state index is 12.7. The second kappa shape index (κ2) is 7.36. The van der Waals surface area contributed by atoms with Crippen LogP contribution >= 0.6 is 23.1 Å². The topological polar surface area (TPSA) is 72.7 Å². The summed E-state index contributed by atoms with van der Waals surface area (Å²) in [7, 11) is 0. The zero-order chi connectivity index (χ0) is 19.0. The molecule has 1 atom stereocenters. The number of hydrogen-bond donors (Lipinski definition) is 1. The number of amides is 1. The van der Waals surface area contributed by atoms with Gasteiger partial charge in [0.25, 0.3) is 0 Å². The highest BCUT2D eigenvalue weighted by Gasteiger charge is 2.21. The molecule has 0 spiro atoms. The van der Waals surface area contributed by atoms with Crippen LogP contribution in [0.1, 0.15) is 43.1 Å². The molecule has 0 aromatic carbocycles. The number of carbonyl (C=O) groups is 1. The van der Waals surface area contributed by atoms with E-state index in [1.54, 1.807) is 22.2 Å². The first-order chi connectivity index (χ1) is 12.3. The third kappa shape index (κ3) is 3.61. The van der Waals surface area contributed by atoms with Gasteiger partial charge in [0, 0.05) is 22.4 Å². The summed E-state index contributed by atoms with van der Waals surface area (Å²) in [4.78, 5) is 24.1. The summed E-state index contributed by atoms with van der Waals surface area (Å²) in [5.74, 6) is 1.38. The van der Waals surface area contributed by atoms with Crippen LogP contribution < -0.4 is 5.32 Å². The van der Waals surface area contributed by atoms with Crippen molar-refractivity contribution in [3.63, 3.8) is 0 Å². The Morgan fingerprint density at radius 1 is 1.23 bits per heavy atom. The van der Waals surface area contributed by atoms with E-state index in [2.05, 4.69) is 34.2 Å². The van der Waals surface area contributed by atoms with Crippen LogP contribution in [0.15, 0.2) is 17.3 Å². The molecule has 0 saturated heterocycles. The van der Waals surface area contributed by atoms with Crippen molar-refractivity contribution in [1.29, 1.82) is 0 Å². The lowest BCUT2D eigenvalue weighted by Gasteiger charge is -2.15. The number of rotatable bonds is 5. The fourth-order valence-electron chi connectivity index (χ4n) is 2.67. The molecule has 0 radical (unpaired) electrons. The summed E-state index contributed by atoms with van der Waals surface area (Å²) in [6.45, 7) is 12.0. The Balaban J connectivity index is 1.83. The Bertz CT molecular complexity index is 960. The van der Waals surface area contributed by atoms with Crippen LogP contribution in [-0.4, -0.2) is 30.9 Å². The Kier molecular flexibility index (Phi) is 5.34. The van der Waals surface area contributed by atoms with Gasteiger partial charge in [-0.05, 0) is 47.1 Å². The van der Waals surface area contributed by atoms with E-state index in [1.807, 2.05) is 33.8 Å². The van der Waals surface area contributed by atoms with Gasteiger partial charge in [-0.15, -0.1) is 11.3 Å². The summed E-state index contributed by atoms with van der Waals surface area (Å²) in [6.07, 6.45) is 1.70. The molecule has 3 rings (SSSR count). The van der Waals surface area contributed by atoms with Gasteiger partial charge < -0.3 is 5.32 Å². The molecule has 1 amide bonds. The fraction of sp³-hybridized carbons (Fsp3) is 0.444. The van der Waals surface area contributed by atoms with Crippen LogP contribution in [0, 0.1) is 20.8 Å². The molecular weight excluding hydrogens is 366 g/mol. The third-order valence-electron chi connectivity index (χ3n) is 4.18. The normalized spacial score (nSPS) is 12.7. The number of hydrogen-bond acceptors (Lipinski definition) is 6. The molecule has 26 heavy (non-hydrogen) atoms. The van der Waals surface area contributed by atoms with E-state index in [4.69, 9.17) is 0 Å². The predicted molar refractivity (Wildman–Crippen MR) is 108 cm³/mol. The van der Waals surface area contributed by atoms with Crippen molar-refractivity contribution in [3.8, 4) is 0 Å². The molecule has 1 N–H and O–H groups in total. The zero-order valence-corrected chi connectivity index (χ0v) is 17.5. The number of anilines is 1. The van der Waals surface area contributed by atoms with Gasteiger partial charge in [-0.25, -0.2) is 14.6 Å². The second-order valence-corrected chi connectivity index (χ2v) is 9.08. The van der Waals surface area contributed by atoms with E-state index in [1.165, 1.54) is 22.2 Å². The Labute approximate surface area is 161 Å². The fourth-order valence-corrected chi connectivity index (χ4v) is 4.87. The first-order valence-corrected chi connectivity index (χ1v) is 10.2. The van der Waals surface area contributed by atoms with Crippen molar-refractivity contribution < 1.29 is 4.79 Å². The Morgan fingerprint density at radius 2 is 1.96 bits per heavy atom. The molecule has 0 unspecified atom stereocenters. The van der Waals surface area contributed by atoms with Crippen LogP contribution in [0.5, 0.6) is 0 Å². The number of carbonyl (C=O) groups excluding carboxylic acids is 1. The van der Waals surface area contributed by atoms with Crippen molar-refractivity contribution in [2.45, 2.75) is 57.9 Å². The molecule has 0 bridgehead atoms. The molecule has 3 aromatic rings. The van der Waals surface area contributed by atoms with E-state index in [-0.39, 0.29) is 17.2 Å². The lowest BCUT2D eigenvalue weighted by Crippen LogP contribution is -2.24. The van der Waals surface area contributed by atoms with Gasteiger partial charge in [-0.2, -0.15) is 5.10 Å². The molecule has 3 heterocycles. The molecule has 3 aromatic heterocycles. The third-order valence-corrected chi connectivity index (χ3v) is 6.36. The quantitative estimate of drug-likeness (QED) is 0.513. The van der Waals surface area contributed by atoms with Crippen LogP contribution in [0.25, 0.3) is 10.2 Å². The maximum absolute atomic E-state index is 12.7. The van der Waals surface area contributed by atoms with Crippen LogP contribution in [-0.2, 0) is 4.79 Å². The number of fused-ring (bicyclic) bond motifs is 1. The van der Waals surface area contributed by atoms with Crippen LogP contribution in [0.3, 0.4) is 0 Å². The highest BCUT2D eigenvalue weighted by atomic mass is 32.2. The highest BCUT2D eigenvalue weighted by Crippen LogP contribution is 2.36. The molecule has 0 aliphatic rings. The van der Waals surface area contributed by atoms with Crippen LogP contribution in [0.2, 0.25) is 0 Å². The number of aromatic nitrogens is 4. The lowest BCUT2D eigenvalue weighted by atomic mass is 10.2. The molecule has 0 saturated carbocycles. The summed E-state index contributed by atoms with van der Waals surface area (Å²) in [5.41, 5.74) is 1.19. The number of nitrogens with one attached hydrogen (secondary N) is 1. The van der Waals surface area contributed by atoms with E-state index in [0.29, 0.717) is 5.82 Å². The molecule has 138 valence electrons. The van der Waals surface area contributed by atoms with Gasteiger partial charge in [-0.1, -0.05) is 11.8 Å². The number of nitrogens with zero attached hydrogens (tertiary/aromatic N) is 4. The largest absolute Gasteiger partial charge is 0.310 e. The standard InChI is InChI=1S/C18H23N5OS2/c1-9(2)23-14(7-8-19-23)22-16(24)12(5)26-18-15-10(3)11(4)25-17(15)20-13(6)21-18/h7-9,12H,1-6H3,(H,22,24)/t12-/m0/s1. The minimum atomic E-state index is -0.289. The summed E-state index contributed by atoms with van der Waals surface area (Å²) in [6, 6.07) is 2.00. The second-order valence-electron chi connectivity index (χ2n) is 6.54. The van der Waals surface area contributed by atoms with E-state index in [9.17, 15) is 4.79 Å². The van der Waals surface area contributed by atoms with Crippen molar-refractivity contribution in [3.05, 3.63) is 28.5 Å². The average molecular weight is 390 g/mol. The van der Waals surface area contributed by atoms with Gasteiger partial charge in [-0.3, -0.25) is 4.79 Å². The number of thioether (sulfide) groups is 1. The van der Waals surface area contributed by atoms with Gasteiger partial charge in [0.2, 0.25) is 5.91 Å². The van der Waals surface area contributed by atoms with E-state index < -0.39 is 0 Å².